The van der Waals surface area contributed by atoms with Gasteiger partial charge in [-0.3, -0.25) is 9.48 Å². The highest BCUT2D eigenvalue weighted by Crippen LogP contribution is 2.28. The highest BCUT2D eigenvalue weighted by molar-refractivity contribution is 5.96. The van der Waals surface area contributed by atoms with Gasteiger partial charge in [-0.15, -0.1) is 10.2 Å². The van der Waals surface area contributed by atoms with Crippen LogP contribution in [0, 0.1) is 6.92 Å². The van der Waals surface area contributed by atoms with Gasteiger partial charge in [0, 0.05) is 29.2 Å². The summed E-state index contributed by atoms with van der Waals surface area (Å²) in [7, 11) is 0. The minimum absolute atomic E-state index is 0.0193. The molecule has 6 N–H and O–H groups in total. The Hall–Kier alpha value is -3.27. The molecule has 0 bridgehead atoms. The molecule has 1 aliphatic carbocycles. The van der Waals surface area contributed by atoms with Gasteiger partial charge in [0.25, 0.3) is 5.91 Å². The third-order valence-electron chi connectivity index (χ3n) is 5.69. The molecule has 31 heavy (non-hydrogen) atoms. The molecule has 0 spiro atoms. The third kappa shape index (κ3) is 4.29. The number of rotatable bonds is 6. The maximum atomic E-state index is 11.9. The molecule has 0 radical (unpaired) electrons. The zero-order valence-electron chi connectivity index (χ0n) is 18.1. The van der Waals surface area contributed by atoms with Crippen molar-refractivity contribution in [2.75, 3.05) is 10.6 Å². The maximum Gasteiger partial charge on any atom is 0.273 e. The van der Waals surface area contributed by atoms with Crippen LogP contribution in [0.15, 0.2) is 18.3 Å². The smallest absolute Gasteiger partial charge is 0.273 e. The summed E-state index contributed by atoms with van der Waals surface area (Å²) in [4.78, 5) is 16.4. The summed E-state index contributed by atoms with van der Waals surface area (Å²) in [6, 6.07) is 4.31. The van der Waals surface area contributed by atoms with Crippen LogP contribution < -0.4 is 22.1 Å². The Bertz CT molecular complexity index is 1110. The molecule has 0 unspecified atom stereocenters. The first kappa shape index (κ1) is 21.0. The van der Waals surface area contributed by atoms with Crippen LogP contribution >= 0.6 is 0 Å². The van der Waals surface area contributed by atoms with Gasteiger partial charge in [0.2, 0.25) is 5.95 Å². The van der Waals surface area contributed by atoms with E-state index in [9.17, 15) is 4.79 Å². The fraction of sp³-hybridized carbons (Fsp3) is 0.476. The predicted molar refractivity (Wildman–Crippen MR) is 120 cm³/mol. The number of benzene rings is 1. The van der Waals surface area contributed by atoms with Crippen LogP contribution in [0.3, 0.4) is 0 Å². The van der Waals surface area contributed by atoms with Crippen LogP contribution in [0.2, 0.25) is 0 Å². The van der Waals surface area contributed by atoms with Crippen molar-refractivity contribution in [3.8, 4) is 0 Å². The molecule has 164 valence electrons. The van der Waals surface area contributed by atoms with E-state index in [1.165, 1.54) is 0 Å². The molecule has 0 saturated heterocycles. The van der Waals surface area contributed by atoms with E-state index in [1.807, 2.05) is 29.9 Å². The number of fused-ring (bicyclic) bond motifs is 1. The monoisotopic (exact) mass is 423 g/mol. The summed E-state index contributed by atoms with van der Waals surface area (Å²) in [6.45, 7) is 6.21. The number of primary amides is 1. The Morgan fingerprint density at radius 1 is 1.23 bits per heavy atom. The molecule has 1 fully saturated rings. The third-order valence-corrected chi connectivity index (χ3v) is 5.69. The van der Waals surface area contributed by atoms with Gasteiger partial charge in [-0.2, -0.15) is 10.1 Å². The van der Waals surface area contributed by atoms with Gasteiger partial charge in [-0.1, -0.05) is 12.8 Å². The van der Waals surface area contributed by atoms with E-state index in [2.05, 4.69) is 44.8 Å². The Kier molecular flexibility index (Phi) is 5.73. The molecular weight excluding hydrogens is 394 g/mol. The minimum atomic E-state index is -0.700. The number of amides is 1. The van der Waals surface area contributed by atoms with Crippen molar-refractivity contribution < 1.29 is 4.79 Å². The van der Waals surface area contributed by atoms with E-state index < -0.39 is 5.91 Å². The zero-order chi connectivity index (χ0) is 22.1. The minimum Gasteiger partial charge on any atom is -0.364 e. The largest absolute Gasteiger partial charge is 0.364 e. The highest BCUT2D eigenvalue weighted by Gasteiger charge is 2.23. The van der Waals surface area contributed by atoms with Crippen molar-refractivity contribution in [2.24, 2.45) is 11.5 Å². The van der Waals surface area contributed by atoms with E-state index >= 15 is 0 Å². The molecule has 3 aromatic rings. The van der Waals surface area contributed by atoms with Gasteiger partial charge in [0.05, 0.1) is 11.7 Å². The molecule has 2 aromatic heterocycles. The molecule has 10 nitrogen and oxygen atoms in total. The second-order valence-corrected chi connectivity index (χ2v) is 8.43. The summed E-state index contributed by atoms with van der Waals surface area (Å²) in [5.74, 6) is -0.126. The predicted octanol–water partition coefficient (Wildman–Crippen LogP) is 2.63. The van der Waals surface area contributed by atoms with Gasteiger partial charge in [0.15, 0.2) is 11.5 Å². The molecule has 2 atom stereocenters. The summed E-state index contributed by atoms with van der Waals surface area (Å²) >= 11 is 0. The molecule has 2 heterocycles. The Balaban J connectivity index is 1.65. The first-order valence-corrected chi connectivity index (χ1v) is 10.6. The lowest BCUT2D eigenvalue weighted by Gasteiger charge is -2.29. The van der Waals surface area contributed by atoms with Gasteiger partial charge in [0.1, 0.15) is 0 Å². The van der Waals surface area contributed by atoms with E-state index in [4.69, 9.17) is 11.5 Å². The summed E-state index contributed by atoms with van der Waals surface area (Å²) in [5.41, 5.74) is 14.6. The molecule has 1 aromatic carbocycles. The number of nitrogens with one attached hydrogen (secondary N) is 2. The number of hydrogen-bond donors (Lipinski definition) is 4. The first-order chi connectivity index (χ1) is 14.8. The van der Waals surface area contributed by atoms with Crippen LogP contribution in [-0.4, -0.2) is 43.0 Å². The zero-order valence-corrected chi connectivity index (χ0v) is 18.1. The highest BCUT2D eigenvalue weighted by atomic mass is 16.1. The molecule has 10 heteroatoms. The van der Waals surface area contributed by atoms with E-state index in [0.29, 0.717) is 5.95 Å². The number of carbonyl (C=O) groups excluding carboxylic acids is 1. The SMILES string of the molecule is Cc1cc(Nc2nc(N[C@@H]3CCCC[C@@H]3N)nnc2C(N)=O)cc2cnn(C(C)C)c12. The maximum absolute atomic E-state index is 11.9. The number of carbonyl (C=O) groups is 1. The lowest BCUT2D eigenvalue weighted by molar-refractivity contribution is 0.0995. The summed E-state index contributed by atoms with van der Waals surface area (Å²) in [6.07, 6.45) is 5.96. The second kappa shape index (κ2) is 8.46. The summed E-state index contributed by atoms with van der Waals surface area (Å²) < 4.78 is 1.99. The Morgan fingerprint density at radius 2 is 2.00 bits per heavy atom. The van der Waals surface area contributed by atoms with E-state index in [1.54, 1.807) is 0 Å². The van der Waals surface area contributed by atoms with E-state index in [0.717, 1.165) is 47.8 Å². The van der Waals surface area contributed by atoms with Crippen molar-refractivity contribution in [3.05, 3.63) is 29.6 Å². The topological polar surface area (TPSA) is 150 Å². The fourth-order valence-electron chi connectivity index (χ4n) is 4.15. The second-order valence-electron chi connectivity index (χ2n) is 8.43. The number of anilines is 3. The van der Waals surface area contributed by atoms with Crippen molar-refractivity contribution in [1.82, 2.24) is 25.0 Å². The number of aromatic nitrogens is 5. The molecule has 1 aliphatic rings. The standard InChI is InChI=1S/C21H29N9O/c1-11(2)30-18-12(3)8-14(9-13(18)10-24-30)25-20-17(19(23)31)28-29-21(27-20)26-16-7-5-4-6-15(16)22/h8-11,15-16H,4-7,22H2,1-3H3,(H2,23,31)(H2,25,26,27,29)/t15-,16+/m0/s1. The molecule has 0 aliphatic heterocycles. The van der Waals surface area contributed by atoms with Gasteiger partial charge >= 0.3 is 0 Å². The van der Waals surface area contributed by atoms with Crippen molar-refractivity contribution >= 4 is 34.3 Å². The molecular formula is C21H29N9O. The Morgan fingerprint density at radius 3 is 2.71 bits per heavy atom. The van der Waals surface area contributed by atoms with Crippen LogP contribution in [-0.2, 0) is 0 Å². The van der Waals surface area contributed by atoms with Crippen LogP contribution in [0.1, 0.15) is 61.6 Å². The van der Waals surface area contributed by atoms with Crippen LogP contribution in [0.4, 0.5) is 17.5 Å². The lowest BCUT2D eigenvalue weighted by Crippen LogP contribution is -2.43. The Labute approximate surface area is 180 Å². The quantitative estimate of drug-likeness (QED) is 0.472. The average Bonchev–Trinajstić information content (AvgIpc) is 3.15. The van der Waals surface area contributed by atoms with Gasteiger partial charge in [-0.25, -0.2) is 0 Å². The van der Waals surface area contributed by atoms with Crippen molar-refractivity contribution in [2.45, 2.75) is 64.6 Å². The fourth-order valence-corrected chi connectivity index (χ4v) is 4.15. The number of aryl methyl sites for hydroxylation is 1. The molecule has 1 saturated carbocycles. The number of hydrogen-bond acceptors (Lipinski definition) is 8. The summed E-state index contributed by atoms with van der Waals surface area (Å²) in [5, 5.41) is 20.0. The lowest BCUT2D eigenvalue weighted by atomic mass is 9.91. The molecule has 4 rings (SSSR count). The normalized spacial score (nSPS) is 19.0. The van der Waals surface area contributed by atoms with Crippen molar-refractivity contribution in [3.63, 3.8) is 0 Å². The van der Waals surface area contributed by atoms with Gasteiger partial charge in [-0.05, 0) is 51.3 Å². The van der Waals surface area contributed by atoms with Gasteiger partial charge < -0.3 is 22.1 Å². The first-order valence-electron chi connectivity index (χ1n) is 10.6. The number of nitrogens with zero attached hydrogens (tertiary/aromatic N) is 5. The molecule has 1 amide bonds. The van der Waals surface area contributed by atoms with Crippen LogP contribution in [0.25, 0.3) is 10.9 Å². The van der Waals surface area contributed by atoms with E-state index in [-0.39, 0.29) is 29.6 Å². The van der Waals surface area contributed by atoms with Crippen LogP contribution in [0.5, 0.6) is 0 Å². The number of nitrogens with two attached hydrogens (primary N) is 2. The average molecular weight is 424 g/mol. The van der Waals surface area contributed by atoms with Crippen molar-refractivity contribution in [1.29, 1.82) is 0 Å².